The van der Waals surface area contributed by atoms with Crippen molar-refractivity contribution in [1.29, 1.82) is 0 Å². The number of sulfonamides is 1. The molecule has 0 unspecified atom stereocenters. The number of likely N-dealkylation sites (tertiary alicyclic amines) is 1. The van der Waals surface area contributed by atoms with E-state index >= 15 is 0 Å². The Morgan fingerprint density at radius 3 is 2.96 bits per heavy atom. The van der Waals surface area contributed by atoms with Crippen LogP contribution in [0.25, 0.3) is 4.96 Å². The molecule has 0 radical (unpaired) electrons. The highest BCUT2D eigenvalue weighted by molar-refractivity contribution is 7.88. The zero-order valence-electron chi connectivity index (χ0n) is 14.6. The van der Waals surface area contributed by atoms with Crippen LogP contribution < -0.4 is 10.3 Å². The lowest BCUT2D eigenvalue weighted by Gasteiger charge is -2.35. The maximum atomic E-state index is 12.3. The first-order valence-corrected chi connectivity index (χ1v) is 11.3. The van der Waals surface area contributed by atoms with Gasteiger partial charge in [0, 0.05) is 36.3 Å². The van der Waals surface area contributed by atoms with Crippen molar-refractivity contribution in [3.63, 3.8) is 0 Å². The average Bonchev–Trinajstić information content (AvgIpc) is 2.89. The normalized spacial score (nSPS) is 19.5. The maximum absolute atomic E-state index is 12.3. The summed E-state index contributed by atoms with van der Waals surface area (Å²) in [7, 11) is -3.15. The Hall–Kier alpha value is -1.29. The highest BCUT2D eigenvalue weighted by Gasteiger charge is 2.23. The molecule has 1 saturated heterocycles. The van der Waals surface area contributed by atoms with Gasteiger partial charge in [0.15, 0.2) is 4.96 Å². The van der Waals surface area contributed by atoms with Crippen molar-refractivity contribution in [1.82, 2.24) is 19.0 Å². The van der Waals surface area contributed by atoms with Crippen LogP contribution in [-0.4, -0.2) is 48.1 Å². The van der Waals surface area contributed by atoms with Crippen molar-refractivity contribution in [2.24, 2.45) is 0 Å². The predicted molar refractivity (Wildman–Crippen MR) is 99.6 cm³/mol. The molecule has 1 aliphatic rings. The molecule has 1 atom stereocenters. The predicted octanol–water partition coefficient (Wildman–Crippen LogP) is 1.36. The summed E-state index contributed by atoms with van der Waals surface area (Å²) in [5, 5.41) is 1.94. The Morgan fingerprint density at radius 2 is 2.20 bits per heavy atom. The molecule has 1 N–H and O–H groups in total. The second kappa shape index (κ2) is 7.53. The van der Waals surface area contributed by atoms with E-state index in [-0.39, 0.29) is 5.56 Å². The summed E-state index contributed by atoms with van der Waals surface area (Å²) in [6, 6.07) is 1.93. The zero-order chi connectivity index (χ0) is 18.0. The van der Waals surface area contributed by atoms with Gasteiger partial charge in [-0.1, -0.05) is 6.42 Å². The van der Waals surface area contributed by atoms with Crippen LogP contribution >= 0.6 is 11.3 Å². The molecule has 7 nitrogen and oxygen atoms in total. The van der Waals surface area contributed by atoms with Crippen molar-refractivity contribution in [2.75, 3.05) is 19.3 Å². The number of aromatic nitrogens is 2. The zero-order valence-corrected chi connectivity index (χ0v) is 16.2. The van der Waals surface area contributed by atoms with E-state index in [0.717, 1.165) is 48.6 Å². The van der Waals surface area contributed by atoms with Gasteiger partial charge in [-0.3, -0.25) is 14.1 Å². The molecule has 3 rings (SSSR count). The molecule has 0 spiro atoms. The lowest BCUT2D eigenvalue weighted by Crippen LogP contribution is -2.41. The Kier molecular flexibility index (Phi) is 5.57. The van der Waals surface area contributed by atoms with Gasteiger partial charge in [-0.2, -0.15) is 0 Å². The van der Waals surface area contributed by atoms with Crippen LogP contribution in [0, 0.1) is 6.92 Å². The SMILES string of the molecule is Cc1csc2nc(CN3CCCC[C@@H]3CCNS(C)(=O)=O)cc(=O)n12. The van der Waals surface area contributed by atoms with Crippen molar-refractivity contribution < 1.29 is 8.42 Å². The maximum Gasteiger partial charge on any atom is 0.259 e. The molecule has 9 heteroatoms. The highest BCUT2D eigenvalue weighted by atomic mass is 32.2. The van der Waals surface area contributed by atoms with Crippen LogP contribution in [0.2, 0.25) is 0 Å². The third-order valence-electron chi connectivity index (χ3n) is 4.58. The Bertz CT molecular complexity index is 904. The standard InChI is InChI=1S/C16H24N4O3S2/c1-12-11-24-16-18-13(9-15(21)20(12)16)10-19-8-4-3-5-14(19)6-7-17-25(2,22)23/h9,11,14,17H,3-8,10H2,1-2H3/t14-/m1/s1. The second-order valence-electron chi connectivity index (χ2n) is 6.66. The monoisotopic (exact) mass is 384 g/mol. The number of hydrogen-bond acceptors (Lipinski definition) is 6. The van der Waals surface area contributed by atoms with Crippen molar-refractivity contribution >= 4 is 26.3 Å². The fraction of sp³-hybridized carbons (Fsp3) is 0.625. The minimum Gasteiger partial charge on any atom is -0.295 e. The minimum atomic E-state index is -3.15. The Balaban J connectivity index is 1.72. The molecular weight excluding hydrogens is 360 g/mol. The minimum absolute atomic E-state index is 0.0361. The molecule has 0 saturated carbocycles. The van der Waals surface area contributed by atoms with E-state index in [1.165, 1.54) is 17.6 Å². The summed E-state index contributed by atoms with van der Waals surface area (Å²) in [5.74, 6) is 0. The molecule has 25 heavy (non-hydrogen) atoms. The largest absolute Gasteiger partial charge is 0.295 e. The summed E-state index contributed by atoms with van der Waals surface area (Å²) in [5.41, 5.74) is 1.66. The number of nitrogens with one attached hydrogen (secondary N) is 1. The first kappa shape index (κ1) is 18.5. The van der Waals surface area contributed by atoms with Crippen LogP contribution in [0.4, 0.5) is 0 Å². The molecule has 2 aromatic rings. The van der Waals surface area contributed by atoms with Crippen molar-refractivity contribution in [3.8, 4) is 0 Å². The van der Waals surface area contributed by atoms with Crippen molar-refractivity contribution in [3.05, 3.63) is 33.2 Å². The fourth-order valence-corrected chi connectivity index (χ4v) is 4.78. The van der Waals surface area contributed by atoms with E-state index < -0.39 is 10.0 Å². The van der Waals surface area contributed by atoms with Gasteiger partial charge in [0.25, 0.3) is 5.56 Å². The highest BCUT2D eigenvalue weighted by Crippen LogP contribution is 2.21. The average molecular weight is 385 g/mol. The molecule has 0 bridgehead atoms. The van der Waals surface area contributed by atoms with E-state index in [9.17, 15) is 13.2 Å². The topological polar surface area (TPSA) is 83.8 Å². The first-order chi connectivity index (χ1) is 11.8. The number of rotatable bonds is 6. The van der Waals surface area contributed by atoms with E-state index in [2.05, 4.69) is 14.6 Å². The molecule has 1 aliphatic heterocycles. The van der Waals surface area contributed by atoms with Crippen molar-refractivity contribution in [2.45, 2.75) is 45.2 Å². The molecule has 1 fully saturated rings. The molecule has 138 valence electrons. The molecule has 3 heterocycles. The Morgan fingerprint density at radius 1 is 1.40 bits per heavy atom. The van der Waals surface area contributed by atoms with E-state index in [0.29, 0.717) is 19.1 Å². The summed E-state index contributed by atoms with van der Waals surface area (Å²) in [6.45, 7) is 3.93. The van der Waals surface area contributed by atoms with Gasteiger partial charge in [0.2, 0.25) is 10.0 Å². The van der Waals surface area contributed by atoms with Gasteiger partial charge < -0.3 is 0 Å². The van der Waals surface area contributed by atoms with Gasteiger partial charge in [-0.15, -0.1) is 11.3 Å². The van der Waals surface area contributed by atoms with Gasteiger partial charge >= 0.3 is 0 Å². The smallest absolute Gasteiger partial charge is 0.259 e. The number of fused-ring (bicyclic) bond motifs is 1. The number of aryl methyl sites for hydroxylation is 1. The van der Waals surface area contributed by atoms with Crippen LogP contribution in [0.5, 0.6) is 0 Å². The number of thiazole rings is 1. The lowest BCUT2D eigenvalue weighted by molar-refractivity contribution is 0.131. The third kappa shape index (κ3) is 4.66. The molecule has 2 aromatic heterocycles. The number of piperidine rings is 1. The van der Waals surface area contributed by atoms with Crippen LogP contribution in [-0.2, 0) is 16.6 Å². The van der Waals surface area contributed by atoms with Gasteiger partial charge in [0.05, 0.1) is 11.9 Å². The summed E-state index contributed by atoms with van der Waals surface area (Å²) < 4.78 is 26.7. The molecule has 0 amide bonds. The number of hydrogen-bond donors (Lipinski definition) is 1. The Labute approximate surface area is 151 Å². The van der Waals surface area contributed by atoms with Gasteiger partial charge in [-0.05, 0) is 32.7 Å². The third-order valence-corrected chi connectivity index (χ3v) is 6.26. The van der Waals surface area contributed by atoms with E-state index in [4.69, 9.17) is 0 Å². The van der Waals surface area contributed by atoms with Gasteiger partial charge in [-0.25, -0.2) is 18.1 Å². The molecular formula is C16H24N4O3S2. The van der Waals surface area contributed by atoms with E-state index in [1.807, 2.05) is 12.3 Å². The lowest BCUT2D eigenvalue weighted by atomic mass is 9.99. The van der Waals surface area contributed by atoms with Crippen LogP contribution in [0.1, 0.15) is 37.1 Å². The summed E-state index contributed by atoms with van der Waals surface area (Å²) in [6.07, 6.45) is 5.27. The summed E-state index contributed by atoms with van der Waals surface area (Å²) in [4.78, 5) is 20.0. The van der Waals surface area contributed by atoms with Crippen LogP contribution in [0.15, 0.2) is 16.2 Å². The number of nitrogens with zero attached hydrogens (tertiary/aromatic N) is 3. The molecule has 0 aliphatic carbocycles. The second-order valence-corrected chi connectivity index (χ2v) is 9.33. The summed E-state index contributed by atoms with van der Waals surface area (Å²) >= 11 is 1.48. The fourth-order valence-electron chi connectivity index (χ4n) is 3.40. The first-order valence-electron chi connectivity index (χ1n) is 8.49. The van der Waals surface area contributed by atoms with Crippen LogP contribution in [0.3, 0.4) is 0 Å². The molecule has 0 aromatic carbocycles. The van der Waals surface area contributed by atoms with Gasteiger partial charge in [0.1, 0.15) is 0 Å². The quantitative estimate of drug-likeness (QED) is 0.813. The van der Waals surface area contributed by atoms with E-state index in [1.54, 1.807) is 10.5 Å².